The molecule has 3 aromatic carbocycles. The summed E-state index contributed by atoms with van der Waals surface area (Å²) in [6.45, 7) is 0. The van der Waals surface area contributed by atoms with Gasteiger partial charge in [0.25, 0.3) is 0 Å². The Bertz CT molecular complexity index is 1180. The fourth-order valence-corrected chi connectivity index (χ4v) is 3.11. The quantitative estimate of drug-likeness (QED) is 0.503. The first-order valence-corrected chi connectivity index (χ1v) is 9.40. The van der Waals surface area contributed by atoms with Gasteiger partial charge >= 0.3 is 0 Å². The summed E-state index contributed by atoms with van der Waals surface area (Å²) in [4.78, 5) is 4.66. The average molecular weight is 399 g/mol. The summed E-state index contributed by atoms with van der Waals surface area (Å²) in [6.07, 6.45) is 3.70. The summed E-state index contributed by atoms with van der Waals surface area (Å²) in [5.74, 6) is 2.62. The third kappa shape index (κ3) is 3.89. The number of para-hydroxylation sites is 2. The van der Waals surface area contributed by atoms with Crippen LogP contribution in [0, 0.1) is 0 Å². The minimum atomic E-state index is 0.148. The van der Waals surface area contributed by atoms with Crippen LogP contribution in [-0.4, -0.2) is 34.1 Å². The molecule has 150 valence electrons. The van der Waals surface area contributed by atoms with Gasteiger partial charge in [-0.15, -0.1) is 5.10 Å². The lowest BCUT2D eigenvalue weighted by Crippen LogP contribution is -1.99. The van der Waals surface area contributed by atoms with E-state index in [4.69, 9.17) is 9.47 Å². The summed E-state index contributed by atoms with van der Waals surface area (Å²) in [5.41, 5.74) is 2.33. The molecule has 0 amide bonds. The van der Waals surface area contributed by atoms with E-state index in [2.05, 4.69) is 10.1 Å². The Labute approximate surface area is 174 Å². The predicted octanol–water partition coefficient (Wildman–Crippen LogP) is 4.83. The van der Waals surface area contributed by atoms with Crippen molar-refractivity contribution < 1.29 is 14.6 Å². The smallest absolute Gasteiger partial charge is 0.175 e. The van der Waals surface area contributed by atoms with Crippen LogP contribution in [0.15, 0.2) is 72.8 Å². The molecule has 6 heteroatoms. The van der Waals surface area contributed by atoms with E-state index in [0.717, 1.165) is 17.0 Å². The van der Waals surface area contributed by atoms with E-state index in [1.54, 1.807) is 31.0 Å². The third-order valence-electron chi connectivity index (χ3n) is 4.62. The fraction of sp³-hybridized carbons (Fsp3) is 0.0833. The molecule has 4 aromatic rings. The second-order valence-corrected chi connectivity index (χ2v) is 6.50. The van der Waals surface area contributed by atoms with E-state index in [1.807, 2.05) is 72.8 Å². The maximum atomic E-state index is 10.3. The molecule has 1 aromatic heterocycles. The molecule has 30 heavy (non-hydrogen) atoms. The average Bonchev–Trinajstić information content (AvgIpc) is 3.22. The zero-order chi connectivity index (χ0) is 20.9. The number of ether oxygens (including phenoxy) is 2. The minimum Gasteiger partial charge on any atom is -0.507 e. The van der Waals surface area contributed by atoms with Crippen molar-refractivity contribution in [3.05, 3.63) is 84.2 Å². The molecule has 0 radical (unpaired) electrons. The van der Waals surface area contributed by atoms with Crippen LogP contribution >= 0.6 is 0 Å². The number of hydrogen-bond acceptors (Lipinski definition) is 5. The van der Waals surface area contributed by atoms with Gasteiger partial charge in [-0.1, -0.05) is 30.3 Å². The Morgan fingerprint density at radius 2 is 1.63 bits per heavy atom. The number of aromatic hydroxyl groups is 1. The molecule has 0 aliphatic rings. The summed E-state index contributed by atoms with van der Waals surface area (Å²) < 4.78 is 12.4. The van der Waals surface area contributed by atoms with Crippen LogP contribution in [0.1, 0.15) is 11.4 Å². The van der Waals surface area contributed by atoms with E-state index < -0.39 is 0 Å². The van der Waals surface area contributed by atoms with Crippen molar-refractivity contribution >= 4 is 12.2 Å². The van der Waals surface area contributed by atoms with Crippen molar-refractivity contribution in [2.45, 2.75) is 0 Å². The number of nitrogens with zero attached hydrogens (tertiary/aromatic N) is 3. The van der Waals surface area contributed by atoms with Gasteiger partial charge in [-0.25, -0.2) is 9.67 Å². The van der Waals surface area contributed by atoms with E-state index in [-0.39, 0.29) is 5.75 Å². The van der Waals surface area contributed by atoms with Crippen LogP contribution in [0.2, 0.25) is 0 Å². The highest BCUT2D eigenvalue weighted by Crippen LogP contribution is 2.30. The molecule has 0 bridgehead atoms. The molecule has 0 fully saturated rings. The van der Waals surface area contributed by atoms with E-state index in [1.165, 1.54) is 0 Å². The normalized spacial score (nSPS) is 11.0. The van der Waals surface area contributed by atoms with Gasteiger partial charge < -0.3 is 14.6 Å². The second-order valence-electron chi connectivity index (χ2n) is 6.50. The molecule has 1 N–H and O–H groups in total. The minimum absolute atomic E-state index is 0.148. The van der Waals surface area contributed by atoms with E-state index in [0.29, 0.717) is 23.0 Å². The van der Waals surface area contributed by atoms with Crippen LogP contribution in [0.3, 0.4) is 0 Å². The van der Waals surface area contributed by atoms with Gasteiger partial charge in [-0.3, -0.25) is 0 Å². The molecule has 0 aliphatic heterocycles. The van der Waals surface area contributed by atoms with E-state index in [9.17, 15) is 5.11 Å². The zero-order valence-electron chi connectivity index (χ0n) is 16.7. The number of aromatic nitrogens is 3. The van der Waals surface area contributed by atoms with Crippen molar-refractivity contribution in [3.8, 4) is 34.3 Å². The molecular formula is C24H21N3O3. The molecule has 0 spiro atoms. The summed E-state index contributed by atoms with van der Waals surface area (Å²) in [7, 11) is 3.23. The van der Waals surface area contributed by atoms with Gasteiger partial charge in [0.2, 0.25) is 0 Å². The summed E-state index contributed by atoms with van der Waals surface area (Å²) >= 11 is 0. The van der Waals surface area contributed by atoms with Gasteiger partial charge in [0.1, 0.15) is 17.2 Å². The van der Waals surface area contributed by atoms with Crippen molar-refractivity contribution in [2.24, 2.45) is 0 Å². The molecular weight excluding hydrogens is 378 g/mol. The maximum Gasteiger partial charge on any atom is 0.175 e. The summed E-state index contributed by atoms with van der Waals surface area (Å²) in [6, 6.07) is 22.4. The van der Waals surface area contributed by atoms with Crippen molar-refractivity contribution in [1.82, 2.24) is 14.8 Å². The van der Waals surface area contributed by atoms with Gasteiger partial charge in [0.05, 0.1) is 25.5 Å². The van der Waals surface area contributed by atoms with Crippen molar-refractivity contribution in [3.63, 3.8) is 0 Å². The Morgan fingerprint density at radius 3 is 2.37 bits per heavy atom. The Hall–Kier alpha value is -4.06. The van der Waals surface area contributed by atoms with Gasteiger partial charge in [-0.05, 0) is 48.6 Å². The Kier molecular flexibility index (Phi) is 5.48. The highest BCUT2D eigenvalue weighted by molar-refractivity contribution is 5.73. The van der Waals surface area contributed by atoms with Crippen molar-refractivity contribution in [2.75, 3.05) is 14.2 Å². The first-order valence-electron chi connectivity index (χ1n) is 9.40. The molecule has 0 aliphatic carbocycles. The van der Waals surface area contributed by atoms with Gasteiger partial charge in [0, 0.05) is 11.6 Å². The summed E-state index contributed by atoms with van der Waals surface area (Å²) in [5, 5.41) is 15.0. The SMILES string of the molecule is COc1ccc(C=Cc2nc(-c3ccccc3O)n(-c3ccccc3)n2)c(OC)c1. The number of benzene rings is 3. The van der Waals surface area contributed by atoms with Crippen LogP contribution in [0.25, 0.3) is 29.2 Å². The second kappa shape index (κ2) is 8.53. The number of rotatable bonds is 6. The first-order chi connectivity index (χ1) is 14.7. The van der Waals surface area contributed by atoms with Crippen molar-refractivity contribution in [1.29, 1.82) is 0 Å². The van der Waals surface area contributed by atoms with Crippen LogP contribution in [0.4, 0.5) is 0 Å². The monoisotopic (exact) mass is 399 g/mol. The molecule has 0 saturated carbocycles. The topological polar surface area (TPSA) is 69.4 Å². The molecule has 1 heterocycles. The van der Waals surface area contributed by atoms with E-state index >= 15 is 0 Å². The molecule has 0 unspecified atom stereocenters. The Balaban J connectivity index is 1.77. The highest BCUT2D eigenvalue weighted by Gasteiger charge is 2.15. The predicted molar refractivity (Wildman–Crippen MR) is 117 cm³/mol. The molecule has 6 nitrogen and oxygen atoms in total. The standard InChI is InChI=1S/C24H21N3O3/c1-29-19-14-12-17(22(16-19)30-2)13-15-23-25-24(20-10-6-7-11-21(20)28)27(26-23)18-8-4-3-5-9-18/h3-16,28H,1-2H3. The van der Waals surface area contributed by atoms with Gasteiger partial charge in [0.15, 0.2) is 11.6 Å². The van der Waals surface area contributed by atoms with Crippen LogP contribution in [-0.2, 0) is 0 Å². The molecule has 0 saturated heterocycles. The maximum absolute atomic E-state index is 10.3. The van der Waals surface area contributed by atoms with Crippen LogP contribution in [0.5, 0.6) is 17.2 Å². The van der Waals surface area contributed by atoms with Crippen LogP contribution < -0.4 is 9.47 Å². The fourth-order valence-electron chi connectivity index (χ4n) is 3.11. The van der Waals surface area contributed by atoms with Gasteiger partial charge in [-0.2, -0.15) is 0 Å². The first kappa shape index (κ1) is 19.3. The lowest BCUT2D eigenvalue weighted by atomic mass is 10.1. The molecule has 4 rings (SSSR count). The number of phenols is 1. The Morgan fingerprint density at radius 1 is 0.867 bits per heavy atom. The number of hydrogen-bond donors (Lipinski definition) is 1. The molecule has 0 atom stereocenters. The largest absolute Gasteiger partial charge is 0.507 e. The lowest BCUT2D eigenvalue weighted by molar-refractivity contribution is 0.394. The zero-order valence-corrected chi connectivity index (χ0v) is 16.7. The number of phenolic OH excluding ortho intramolecular Hbond substituents is 1. The third-order valence-corrected chi connectivity index (χ3v) is 4.62. The lowest BCUT2D eigenvalue weighted by Gasteiger charge is -2.07. The highest BCUT2D eigenvalue weighted by atomic mass is 16.5. The number of methoxy groups -OCH3 is 2.